The molecule has 0 aliphatic heterocycles. The van der Waals surface area contributed by atoms with Crippen LogP contribution in [0.3, 0.4) is 0 Å². The van der Waals surface area contributed by atoms with E-state index in [2.05, 4.69) is 0 Å². The van der Waals surface area contributed by atoms with Gasteiger partial charge in [0.25, 0.3) is 0 Å². The molecule has 0 radical (unpaired) electrons. The van der Waals surface area contributed by atoms with Gasteiger partial charge in [0, 0.05) is 17.3 Å². The molecule has 0 saturated heterocycles. The summed E-state index contributed by atoms with van der Waals surface area (Å²) in [4.78, 5) is 0.316. The van der Waals surface area contributed by atoms with Gasteiger partial charge < -0.3 is 10.5 Å². The van der Waals surface area contributed by atoms with E-state index in [4.69, 9.17) is 10.5 Å². The summed E-state index contributed by atoms with van der Waals surface area (Å²) >= 11 is 0. The summed E-state index contributed by atoms with van der Waals surface area (Å²) in [7, 11) is -1.90. The lowest BCUT2D eigenvalue weighted by molar-refractivity contribution is 0.411. The second-order valence-electron chi connectivity index (χ2n) is 4.65. The molecule has 2 aromatic carbocycles. The average molecular weight is 291 g/mol. The molecule has 0 aliphatic carbocycles. The highest BCUT2D eigenvalue weighted by Crippen LogP contribution is 2.26. The largest absolute Gasteiger partial charge is 0.496 e. The number of nitrogens with two attached hydrogens (primary N) is 1. The lowest BCUT2D eigenvalue weighted by Crippen LogP contribution is -2.06. The molecule has 2 N–H and O–H groups in total. The van der Waals surface area contributed by atoms with Crippen molar-refractivity contribution in [3.8, 4) is 5.75 Å². The third kappa shape index (κ3) is 3.11. The van der Waals surface area contributed by atoms with Crippen LogP contribution < -0.4 is 10.5 Å². The zero-order valence-electron chi connectivity index (χ0n) is 11.5. The molecule has 5 heteroatoms. The zero-order valence-corrected chi connectivity index (χ0v) is 12.3. The Kier molecular flexibility index (Phi) is 3.99. The molecule has 0 spiro atoms. The SMILES string of the molecule is COc1cc(N)ccc1CS(=O)(=O)c1cccc(C)c1. The molecule has 0 bridgehead atoms. The van der Waals surface area contributed by atoms with Crippen LogP contribution >= 0.6 is 0 Å². The normalized spacial score (nSPS) is 11.3. The summed E-state index contributed by atoms with van der Waals surface area (Å²) < 4.78 is 30.0. The predicted molar refractivity (Wildman–Crippen MR) is 79.5 cm³/mol. The first-order valence-electron chi connectivity index (χ1n) is 6.14. The molecule has 106 valence electrons. The quantitative estimate of drug-likeness (QED) is 0.879. The van der Waals surface area contributed by atoms with E-state index in [1.54, 1.807) is 36.4 Å². The molecule has 0 saturated carbocycles. The molecule has 2 rings (SSSR count). The monoisotopic (exact) mass is 291 g/mol. The van der Waals surface area contributed by atoms with Crippen LogP contribution in [0.25, 0.3) is 0 Å². The summed E-state index contributed by atoms with van der Waals surface area (Å²) in [6.45, 7) is 1.86. The number of rotatable bonds is 4. The van der Waals surface area contributed by atoms with Crippen LogP contribution in [-0.4, -0.2) is 15.5 Å². The number of sulfone groups is 1. The third-order valence-corrected chi connectivity index (χ3v) is 4.67. The minimum absolute atomic E-state index is 0.111. The fourth-order valence-corrected chi connectivity index (χ4v) is 3.44. The first-order chi connectivity index (χ1) is 9.42. The summed E-state index contributed by atoms with van der Waals surface area (Å²) in [6, 6.07) is 11.8. The van der Waals surface area contributed by atoms with Gasteiger partial charge in [-0.05, 0) is 30.7 Å². The van der Waals surface area contributed by atoms with E-state index in [9.17, 15) is 8.42 Å². The van der Waals surface area contributed by atoms with E-state index >= 15 is 0 Å². The molecule has 0 aromatic heterocycles. The minimum Gasteiger partial charge on any atom is -0.496 e. The molecule has 0 unspecified atom stereocenters. The Morgan fingerprint density at radius 2 is 1.90 bits per heavy atom. The Bertz CT molecular complexity index is 724. The van der Waals surface area contributed by atoms with Crippen molar-refractivity contribution in [1.29, 1.82) is 0 Å². The van der Waals surface area contributed by atoms with Gasteiger partial charge in [-0.2, -0.15) is 0 Å². The Labute approximate surface area is 119 Å². The Balaban J connectivity index is 2.38. The summed E-state index contributed by atoms with van der Waals surface area (Å²) in [6.07, 6.45) is 0. The van der Waals surface area contributed by atoms with Crippen molar-refractivity contribution in [2.45, 2.75) is 17.6 Å². The van der Waals surface area contributed by atoms with Gasteiger partial charge in [-0.3, -0.25) is 0 Å². The van der Waals surface area contributed by atoms with Gasteiger partial charge in [-0.25, -0.2) is 8.42 Å². The van der Waals surface area contributed by atoms with Crippen LogP contribution in [0.5, 0.6) is 5.75 Å². The molecule has 0 atom stereocenters. The smallest absolute Gasteiger partial charge is 0.182 e. The van der Waals surface area contributed by atoms with Gasteiger partial charge in [-0.15, -0.1) is 0 Å². The van der Waals surface area contributed by atoms with E-state index in [1.807, 2.05) is 13.0 Å². The van der Waals surface area contributed by atoms with E-state index in [1.165, 1.54) is 7.11 Å². The van der Waals surface area contributed by atoms with Crippen LogP contribution in [0.2, 0.25) is 0 Å². The molecule has 2 aromatic rings. The van der Waals surface area contributed by atoms with Crippen molar-refractivity contribution in [2.75, 3.05) is 12.8 Å². The number of methoxy groups -OCH3 is 1. The molecular weight excluding hydrogens is 274 g/mol. The lowest BCUT2D eigenvalue weighted by Gasteiger charge is -2.10. The molecule has 0 heterocycles. The van der Waals surface area contributed by atoms with Gasteiger partial charge >= 0.3 is 0 Å². The Hall–Kier alpha value is -2.01. The number of ether oxygens (including phenoxy) is 1. The maximum atomic E-state index is 12.4. The molecular formula is C15H17NO3S. The van der Waals surface area contributed by atoms with Crippen molar-refractivity contribution >= 4 is 15.5 Å². The third-order valence-electron chi connectivity index (χ3n) is 3.01. The second kappa shape index (κ2) is 5.54. The first-order valence-corrected chi connectivity index (χ1v) is 7.79. The van der Waals surface area contributed by atoms with E-state index in [0.717, 1.165) is 5.56 Å². The molecule has 0 amide bonds. The molecule has 20 heavy (non-hydrogen) atoms. The highest BCUT2D eigenvalue weighted by atomic mass is 32.2. The van der Waals surface area contributed by atoms with Gasteiger partial charge in [0.05, 0.1) is 17.8 Å². The van der Waals surface area contributed by atoms with Crippen molar-refractivity contribution in [1.82, 2.24) is 0 Å². The number of anilines is 1. The Morgan fingerprint density at radius 1 is 1.15 bits per heavy atom. The van der Waals surface area contributed by atoms with Gasteiger partial charge in [0.1, 0.15) is 5.75 Å². The summed E-state index contributed by atoms with van der Waals surface area (Å²) in [5.74, 6) is 0.376. The highest BCUT2D eigenvalue weighted by molar-refractivity contribution is 7.90. The summed E-state index contributed by atoms with van der Waals surface area (Å²) in [5.41, 5.74) is 7.72. The van der Waals surface area contributed by atoms with Crippen LogP contribution in [0.15, 0.2) is 47.4 Å². The van der Waals surface area contributed by atoms with Crippen molar-refractivity contribution < 1.29 is 13.2 Å². The van der Waals surface area contributed by atoms with Crippen molar-refractivity contribution in [3.05, 3.63) is 53.6 Å². The number of hydrogen-bond donors (Lipinski definition) is 1. The van der Waals surface area contributed by atoms with Crippen molar-refractivity contribution in [2.24, 2.45) is 0 Å². The fourth-order valence-electron chi connectivity index (χ4n) is 1.98. The summed E-state index contributed by atoms with van der Waals surface area (Å²) in [5, 5.41) is 0. The number of hydrogen-bond acceptors (Lipinski definition) is 4. The second-order valence-corrected chi connectivity index (χ2v) is 6.64. The first kappa shape index (κ1) is 14.4. The maximum Gasteiger partial charge on any atom is 0.182 e. The highest BCUT2D eigenvalue weighted by Gasteiger charge is 2.18. The number of benzene rings is 2. The molecule has 4 nitrogen and oxygen atoms in total. The van der Waals surface area contributed by atoms with Crippen molar-refractivity contribution in [3.63, 3.8) is 0 Å². The predicted octanol–water partition coefficient (Wildman–Crippen LogP) is 2.56. The van der Waals surface area contributed by atoms with Crippen LogP contribution in [0, 0.1) is 6.92 Å². The molecule has 0 aliphatic rings. The van der Waals surface area contributed by atoms with Crippen LogP contribution in [0.1, 0.15) is 11.1 Å². The van der Waals surface area contributed by atoms with Gasteiger partial charge in [-0.1, -0.05) is 18.2 Å². The standard InChI is InChI=1S/C15H17NO3S/c1-11-4-3-5-14(8-11)20(17,18)10-12-6-7-13(16)9-15(12)19-2/h3-9H,10,16H2,1-2H3. The number of nitrogen functional groups attached to an aromatic ring is 1. The van der Waals surface area contributed by atoms with Crippen LogP contribution in [-0.2, 0) is 15.6 Å². The fraction of sp³-hybridized carbons (Fsp3) is 0.200. The van der Waals surface area contributed by atoms with E-state index < -0.39 is 9.84 Å². The van der Waals surface area contributed by atoms with Gasteiger partial charge in [0.15, 0.2) is 9.84 Å². The minimum atomic E-state index is -3.40. The van der Waals surface area contributed by atoms with Crippen LogP contribution in [0.4, 0.5) is 5.69 Å². The van der Waals surface area contributed by atoms with E-state index in [0.29, 0.717) is 21.9 Å². The van der Waals surface area contributed by atoms with Gasteiger partial charge in [0.2, 0.25) is 0 Å². The topological polar surface area (TPSA) is 69.4 Å². The van der Waals surface area contributed by atoms with E-state index in [-0.39, 0.29) is 5.75 Å². The molecule has 0 fully saturated rings. The maximum absolute atomic E-state index is 12.4. The average Bonchev–Trinajstić information content (AvgIpc) is 2.40. The lowest BCUT2D eigenvalue weighted by atomic mass is 10.2. The Morgan fingerprint density at radius 3 is 2.55 bits per heavy atom. The zero-order chi connectivity index (χ0) is 14.8. The number of aryl methyl sites for hydroxylation is 1.